The highest BCUT2D eigenvalue weighted by Crippen LogP contribution is 2.32. The van der Waals surface area contributed by atoms with Gasteiger partial charge in [-0.15, -0.1) is 0 Å². The van der Waals surface area contributed by atoms with Gasteiger partial charge in [0.15, 0.2) is 0 Å². The Labute approximate surface area is 122 Å². The molecular weight excluding hydrogens is 262 g/mol. The van der Waals surface area contributed by atoms with E-state index in [0.717, 1.165) is 47.4 Å². The number of nitrogens with two attached hydrogens (primary N) is 1. The van der Waals surface area contributed by atoms with Crippen LogP contribution in [0.25, 0.3) is 22.3 Å². The Balaban J connectivity index is 1.58. The summed E-state index contributed by atoms with van der Waals surface area (Å²) >= 11 is 0. The summed E-state index contributed by atoms with van der Waals surface area (Å²) in [6, 6.07) is 8.05. The maximum atomic E-state index is 6.07. The van der Waals surface area contributed by atoms with Crippen molar-refractivity contribution in [3.8, 4) is 11.3 Å². The number of anilines is 1. The van der Waals surface area contributed by atoms with Gasteiger partial charge in [0.25, 0.3) is 0 Å². The molecule has 0 aromatic carbocycles. The lowest BCUT2D eigenvalue weighted by Gasteiger charge is -2.11. The zero-order valence-corrected chi connectivity index (χ0v) is 11.6. The van der Waals surface area contributed by atoms with Crippen LogP contribution in [-0.4, -0.2) is 27.0 Å². The highest BCUT2D eigenvalue weighted by Gasteiger charge is 2.37. The van der Waals surface area contributed by atoms with Crippen molar-refractivity contribution in [2.75, 3.05) is 11.9 Å². The Bertz CT molecular complexity index is 771. The van der Waals surface area contributed by atoms with E-state index in [1.807, 2.05) is 36.7 Å². The molecule has 106 valence electrons. The zero-order chi connectivity index (χ0) is 14.3. The quantitative estimate of drug-likeness (QED) is 0.685. The van der Waals surface area contributed by atoms with Crippen LogP contribution in [-0.2, 0) is 0 Å². The largest absolute Gasteiger partial charge is 0.382 e. The van der Waals surface area contributed by atoms with Crippen LogP contribution in [0.4, 0.5) is 5.69 Å². The van der Waals surface area contributed by atoms with Gasteiger partial charge in [0.05, 0.1) is 17.6 Å². The van der Waals surface area contributed by atoms with Crippen molar-refractivity contribution >= 4 is 16.7 Å². The smallest absolute Gasteiger partial charge is 0.137 e. The molecule has 0 amide bonds. The Morgan fingerprint density at radius 3 is 2.90 bits per heavy atom. The summed E-state index contributed by atoms with van der Waals surface area (Å²) in [6.45, 7) is 0.811. The highest BCUT2D eigenvalue weighted by atomic mass is 15.0. The fourth-order valence-corrected chi connectivity index (χ4v) is 2.44. The maximum Gasteiger partial charge on any atom is 0.137 e. The Hall–Kier alpha value is -2.40. The number of aromatic nitrogens is 3. The summed E-state index contributed by atoms with van der Waals surface area (Å²) < 4.78 is 0. The van der Waals surface area contributed by atoms with Crippen LogP contribution in [0.5, 0.6) is 0 Å². The summed E-state index contributed by atoms with van der Waals surface area (Å²) in [4.78, 5) is 12.0. The first-order valence-electron chi connectivity index (χ1n) is 7.15. The molecule has 5 nitrogen and oxygen atoms in total. The highest BCUT2D eigenvalue weighted by molar-refractivity contribution is 5.92. The molecule has 0 bridgehead atoms. The van der Waals surface area contributed by atoms with Gasteiger partial charge in [0, 0.05) is 35.4 Å². The average Bonchev–Trinajstić information content (AvgIpc) is 3.11. The van der Waals surface area contributed by atoms with Gasteiger partial charge >= 0.3 is 0 Å². The standard InChI is InChI=1S/C16H17N5/c17-16(5-6-16)10-21-11-3-4-14(19-8-11)13-9-20-15-12(13)2-1-7-18-15/h1-4,7-9,21H,5-6,10,17H2,(H,18,20). The number of hydrogen-bond acceptors (Lipinski definition) is 4. The van der Waals surface area contributed by atoms with E-state index in [2.05, 4.69) is 20.3 Å². The van der Waals surface area contributed by atoms with Crippen molar-refractivity contribution in [2.45, 2.75) is 18.4 Å². The number of aromatic amines is 1. The molecule has 1 aliphatic rings. The lowest BCUT2D eigenvalue weighted by Crippen LogP contribution is -2.31. The van der Waals surface area contributed by atoms with Crippen LogP contribution < -0.4 is 11.1 Å². The van der Waals surface area contributed by atoms with E-state index >= 15 is 0 Å². The summed E-state index contributed by atoms with van der Waals surface area (Å²) in [7, 11) is 0. The molecule has 0 atom stereocenters. The second-order valence-electron chi connectivity index (χ2n) is 5.75. The first kappa shape index (κ1) is 12.3. The van der Waals surface area contributed by atoms with Gasteiger partial charge in [0.1, 0.15) is 5.65 Å². The topological polar surface area (TPSA) is 79.6 Å². The van der Waals surface area contributed by atoms with Gasteiger partial charge in [-0.3, -0.25) is 4.98 Å². The fourth-order valence-electron chi connectivity index (χ4n) is 2.44. The molecule has 1 aliphatic carbocycles. The third-order valence-corrected chi connectivity index (χ3v) is 4.03. The summed E-state index contributed by atoms with van der Waals surface area (Å²) in [5, 5.41) is 4.44. The molecular formula is C16H17N5. The van der Waals surface area contributed by atoms with Crippen LogP contribution in [0, 0.1) is 0 Å². The van der Waals surface area contributed by atoms with Gasteiger partial charge in [0.2, 0.25) is 0 Å². The van der Waals surface area contributed by atoms with Crippen molar-refractivity contribution in [3.63, 3.8) is 0 Å². The van der Waals surface area contributed by atoms with E-state index < -0.39 is 0 Å². The minimum absolute atomic E-state index is 0.00117. The van der Waals surface area contributed by atoms with Crippen LogP contribution in [0.15, 0.2) is 42.9 Å². The molecule has 1 fully saturated rings. The molecule has 0 aliphatic heterocycles. The lowest BCUT2D eigenvalue weighted by molar-refractivity contribution is 0.713. The number of nitrogens with zero attached hydrogens (tertiary/aromatic N) is 2. The fraction of sp³-hybridized carbons (Fsp3) is 0.250. The molecule has 0 saturated heterocycles. The molecule has 1 saturated carbocycles. The van der Waals surface area contributed by atoms with Gasteiger partial charge < -0.3 is 16.0 Å². The van der Waals surface area contributed by atoms with Gasteiger partial charge in [-0.05, 0) is 37.1 Å². The predicted octanol–water partition coefficient (Wildman–Crippen LogP) is 2.53. The van der Waals surface area contributed by atoms with Crippen molar-refractivity contribution < 1.29 is 0 Å². The molecule has 3 heterocycles. The van der Waals surface area contributed by atoms with E-state index in [4.69, 9.17) is 5.73 Å². The van der Waals surface area contributed by atoms with Crippen LogP contribution >= 0.6 is 0 Å². The van der Waals surface area contributed by atoms with E-state index in [9.17, 15) is 0 Å². The zero-order valence-electron chi connectivity index (χ0n) is 11.6. The molecule has 0 unspecified atom stereocenters. The minimum atomic E-state index is 0.00117. The van der Waals surface area contributed by atoms with Gasteiger partial charge in [-0.25, -0.2) is 4.98 Å². The molecule has 5 heteroatoms. The van der Waals surface area contributed by atoms with Crippen molar-refractivity contribution in [3.05, 3.63) is 42.9 Å². The van der Waals surface area contributed by atoms with Crippen LogP contribution in [0.2, 0.25) is 0 Å². The molecule has 4 rings (SSSR count). The number of rotatable bonds is 4. The Kier molecular flexibility index (Phi) is 2.68. The predicted molar refractivity (Wildman–Crippen MR) is 84.0 cm³/mol. The van der Waals surface area contributed by atoms with Gasteiger partial charge in [-0.1, -0.05) is 0 Å². The summed E-state index contributed by atoms with van der Waals surface area (Å²) in [6.07, 6.45) is 7.80. The molecule has 0 spiro atoms. The van der Waals surface area contributed by atoms with Crippen molar-refractivity contribution in [2.24, 2.45) is 5.73 Å². The van der Waals surface area contributed by atoms with Crippen molar-refractivity contribution in [1.82, 2.24) is 15.0 Å². The molecule has 3 aromatic rings. The normalized spacial score (nSPS) is 16.0. The second-order valence-corrected chi connectivity index (χ2v) is 5.75. The van der Waals surface area contributed by atoms with Crippen molar-refractivity contribution in [1.29, 1.82) is 0 Å². The molecule has 3 aromatic heterocycles. The molecule has 4 N–H and O–H groups in total. The first-order chi connectivity index (χ1) is 10.2. The lowest BCUT2D eigenvalue weighted by atomic mass is 10.1. The Morgan fingerprint density at radius 2 is 2.14 bits per heavy atom. The Morgan fingerprint density at radius 1 is 1.24 bits per heavy atom. The summed E-state index contributed by atoms with van der Waals surface area (Å²) in [5.74, 6) is 0. The second kappa shape index (κ2) is 4.56. The van der Waals surface area contributed by atoms with E-state index in [0.29, 0.717) is 0 Å². The SMILES string of the molecule is NC1(CNc2ccc(-c3c[nH]c4ncccc34)nc2)CC1. The first-order valence-corrected chi connectivity index (χ1v) is 7.15. The number of nitrogens with one attached hydrogen (secondary N) is 2. The maximum absolute atomic E-state index is 6.07. The minimum Gasteiger partial charge on any atom is -0.382 e. The third-order valence-electron chi connectivity index (χ3n) is 4.03. The molecule has 21 heavy (non-hydrogen) atoms. The molecule has 0 radical (unpaired) electrons. The van der Waals surface area contributed by atoms with E-state index in [1.54, 1.807) is 6.20 Å². The third kappa shape index (κ3) is 2.36. The van der Waals surface area contributed by atoms with E-state index in [-0.39, 0.29) is 5.54 Å². The average molecular weight is 279 g/mol. The van der Waals surface area contributed by atoms with Crippen LogP contribution in [0.3, 0.4) is 0 Å². The van der Waals surface area contributed by atoms with Gasteiger partial charge in [-0.2, -0.15) is 0 Å². The summed E-state index contributed by atoms with van der Waals surface area (Å²) in [5.41, 5.74) is 9.97. The van der Waals surface area contributed by atoms with Crippen LogP contribution in [0.1, 0.15) is 12.8 Å². The number of hydrogen-bond donors (Lipinski definition) is 3. The monoisotopic (exact) mass is 279 g/mol. The van der Waals surface area contributed by atoms with E-state index in [1.165, 1.54) is 0 Å². The number of pyridine rings is 2. The number of H-pyrrole nitrogens is 1. The number of fused-ring (bicyclic) bond motifs is 1.